The number of nitrogens with two attached hydrogens (primary N) is 3. The lowest BCUT2D eigenvalue weighted by molar-refractivity contribution is -0.144. The van der Waals surface area contributed by atoms with Crippen LogP contribution in [0.15, 0.2) is 29.3 Å². The Hall–Kier alpha value is -4.93. The second-order valence-corrected chi connectivity index (χ2v) is 9.31. The van der Waals surface area contributed by atoms with Gasteiger partial charge in [0, 0.05) is 25.8 Å². The van der Waals surface area contributed by atoms with E-state index < -0.39 is 85.5 Å². The number of hydrogen-bond donors (Lipinski definition) is 10. The Kier molecular flexibility index (Phi) is 14.8. The Balaban J connectivity index is 3.13. The highest BCUT2D eigenvalue weighted by atomic mass is 16.4. The number of amides is 3. The fourth-order valence-corrected chi connectivity index (χ4v) is 3.61. The highest BCUT2D eigenvalue weighted by molar-refractivity contribution is 5.94. The molecule has 0 aliphatic heterocycles. The van der Waals surface area contributed by atoms with Gasteiger partial charge in [-0.2, -0.15) is 0 Å². The third-order valence-corrected chi connectivity index (χ3v) is 5.85. The number of phenols is 1. The zero-order valence-corrected chi connectivity index (χ0v) is 22.7. The number of guanidine groups is 1. The molecular weight excluding hydrogens is 558 g/mol. The van der Waals surface area contributed by atoms with Gasteiger partial charge in [-0.1, -0.05) is 12.1 Å². The molecule has 4 atom stereocenters. The van der Waals surface area contributed by atoms with Gasteiger partial charge in [0.2, 0.25) is 17.7 Å². The Morgan fingerprint density at radius 1 is 0.738 bits per heavy atom. The quantitative estimate of drug-likeness (QED) is 0.0453. The van der Waals surface area contributed by atoms with Crippen molar-refractivity contribution in [1.29, 1.82) is 0 Å². The highest BCUT2D eigenvalue weighted by Gasteiger charge is 2.31. The zero-order valence-electron chi connectivity index (χ0n) is 22.7. The topological polar surface area (TPSA) is 310 Å². The summed E-state index contributed by atoms with van der Waals surface area (Å²) in [5, 5.41) is 43.8. The number of aliphatic carboxylic acids is 3. The first kappa shape index (κ1) is 35.1. The van der Waals surface area contributed by atoms with Gasteiger partial charge in [-0.05, 0) is 43.4 Å². The molecule has 13 N–H and O–H groups in total. The molecule has 0 aliphatic carbocycles. The molecule has 232 valence electrons. The second kappa shape index (κ2) is 17.7. The van der Waals surface area contributed by atoms with Crippen molar-refractivity contribution in [3.63, 3.8) is 0 Å². The van der Waals surface area contributed by atoms with E-state index in [4.69, 9.17) is 27.4 Å². The predicted molar refractivity (Wildman–Crippen MR) is 147 cm³/mol. The third-order valence-electron chi connectivity index (χ3n) is 5.85. The number of aromatic hydroxyl groups is 1. The smallest absolute Gasteiger partial charge is 0.326 e. The molecule has 0 heterocycles. The summed E-state index contributed by atoms with van der Waals surface area (Å²) >= 11 is 0. The molecule has 0 radical (unpaired) electrons. The average Bonchev–Trinajstić information content (AvgIpc) is 2.91. The maximum Gasteiger partial charge on any atom is 0.326 e. The normalized spacial score (nSPS) is 13.5. The summed E-state index contributed by atoms with van der Waals surface area (Å²) in [5.74, 6) is -6.99. The molecule has 3 amide bonds. The van der Waals surface area contributed by atoms with Crippen LogP contribution in [0.4, 0.5) is 0 Å². The number of hydrogen-bond acceptors (Lipinski definition) is 9. The molecule has 1 aromatic carbocycles. The summed E-state index contributed by atoms with van der Waals surface area (Å²) in [6, 6.07) is 0.132. The number of aliphatic imine (C=N–C) groups is 1. The van der Waals surface area contributed by atoms with Gasteiger partial charge in [0.05, 0.1) is 6.04 Å². The maximum absolute atomic E-state index is 13.3. The summed E-state index contributed by atoms with van der Waals surface area (Å²) in [6.07, 6.45) is -1.67. The lowest BCUT2D eigenvalue weighted by Crippen LogP contribution is -2.57. The van der Waals surface area contributed by atoms with Gasteiger partial charge < -0.3 is 53.6 Å². The Labute approximate surface area is 240 Å². The number of rotatable bonds is 19. The molecule has 42 heavy (non-hydrogen) atoms. The van der Waals surface area contributed by atoms with Gasteiger partial charge in [-0.3, -0.25) is 29.0 Å². The van der Waals surface area contributed by atoms with Gasteiger partial charge >= 0.3 is 17.9 Å². The molecular formula is C25H37N7O10. The van der Waals surface area contributed by atoms with Gasteiger partial charge in [0.1, 0.15) is 23.9 Å². The van der Waals surface area contributed by atoms with Crippen molar-refractivity contribution in [1.82, 2.24) is 16.0 Å². The van der Waals surface area contributed by atoms with Crippen LogP contribution in [-0.2, 0) is 35.2 Å². The van der Waals surface area contributed by atoms with Crippen LogP contribution in [0, 0.1) is 0 Å². The van der Waals surface area contributed by atoms with Crippen LogP contribution in [0.5, 0.6) is 5.75 Å². The molecule has 17 nitrogen and oxygen atoms in total. The number of nitrogens with one attached hydrogen (secondary N) is 3. The van der Waals surface area contributed by atoms with Gasteiger partial charge in [-0.25, -0.2) is 4.79 Å². The van der Waals surface area contributed by atoms with E-state index in [0.29, 0.717) is 12.0 Å². The molecule has 0 saturated carbocycles. The van der Waals surface area contributed by atoms with E-state index in [1.54, 1.807) is 0 Å². The molecule has 0 fully saturated rings. The van der Waals surface area contributed by atoms with Crippen LogP contribution in [0.25, 0.3) is 0 Å². The SMILES string of the molecule is NC(N)=NCCCC(N)C(=O)NC(Cc1ccc(O)cc1)C(=O)NC(CCC(=O)O)C(=O)NC(CCC(=O)O)C(=O)O. The molecule has 0 aliphatic rings. The van der Waals surface area contributed by atoms with Gasteiger partial charge in [-0.15, -0.1) is 0 Å². The first-order valence-electron chi connectivity index (χ1n) is 12.9. The summed E-state index contributed by atoms with van der Waals surface area (Å²) in [7, 11) is 0. The number of carboxylic acid groups (broad SMARTS) is 3. The maximum atomic E-state index is 13.3. The van der Waals surface area contributed by atoms with Crippen molar-refractivity contribution in [2.24, 2.45) is 22.2 Å². The average molecular weight is 596 g/mol. The lowest BCUT2D eigenvalue weighted by Gasteiger charge is -2.25. The minimum atomic E-state index is -1.62. The van der Waals surface area contributed by atoms with E-state index >= 15 is 0 Å². The van der Waals surface area contributed by atoms with Crippen molar-refractivity contribution in [2.45, 2.75) is 69.1 Å². The number of nitrogens with zero attached hydrogens (tertiary/aromatic N) is 1. The standard InChI is InChI=1S/C25H37N7O10/c26-15(2-1-11-29-25(27)28)21(38)32-18(12-13-3-5-14(33)6-4-13)23(40)30-16(7-9-19(34)35)22(39)31-17(24(41)42)8-10-20(36)37/h3-6,15-18,33H,1-2,7-12,26H2,(H,30,40)(H,31,39)(H,32,38)(H,34,35)(H,36,37)(H,41,42)(H4,27,28,29). The number of benzene rings is 1. The van der Waals surface area contributed by atoms with Gasteiger partial charge in [0.15, 0.2) is 5.96 Å². The largest absolute Gasteiger partial charge is 0.508 e. The first-order chi connectivity index (χ1) is 19.7. The fraction of sp³-hybridized carbons (Fsp3) is 0.480. The van der Waals surface area contributed by atoms with E-state index in [-0.39, 0.29) is 31.1 Å². The minimum Gasteiger partial charge on any atom is -0.508 e. The van der Waals surface area contributed by atoms with Crippen LogP contribution < -0.4 is 33.2 Å². The Morgan fingerprint density at radius 3 is 1.76 bits per heavy atom. The molecule has 0 spiro atoms. The summed E-state index contributed by atoms with van der Waals surface area (Å²) in [5.41, 5.74) is 17.0. The Morgan fingerprint density at radius 2 is 1.24 bits per heavy atom. The third kappa shape index (κ3) is 13.9. The molecule has 0 bridgehead atoms. The highest BCUT2D eigenvalue weighted by Crippen LogP contribution is 2.12. The molecule has 1 rings (SSSR count). The Bertz CT molecular complexity index is 1140. The molecule has 4 unspecified atom stereocenters. The first-order valence-corrected chi connectivity index (χ1v) is 12.9. The second-order valence-electron chi connectivity index (χ2n) is 9.31. The molecule has 0 saturated heterocycles. The summed E-state index contributed by atoms with van der Waals surface area (Å²) in [6.45, 7) is 0.213. The number of carboxylic acids is 3. The van der Waals surface area contributed by atoms with E-state index in [1.165, 1.54) is 24.3 Å². The number of carbonyl (C=O) groups is 6. The van der Waals surface area contributed by atoms with Gasteiger partial charge in [0.25, 0.3) is 0 Å². The van der Waals surface area contributed by atoms with Crippen molar-refractivity contribution < 1.29 is 49.2 Å². The summed E-state index contributed by atoms with van der Waals surface area (Å²) < 4.78 is 0. The van der Waals surface area contributed by atoms with E-state index in [1.807, 2.05) is 0 Å². The molecule has 17 heteroatoms. The van der Waals surface area contributed by atoms with Crippen LogP contribution in [0.3, 0.4) is 0 Å². The van der Waals surface area contributed by atoms with E-state index in [9.17, 15) is 39.0 Å². The predicted octanol–water partition coefficient (Wildman–Crippen LogP) is -2.42. The van der Waals surface area contributed by atoms with E-state index in [0.717, 1.165) is 0 Å². The fourth-order valence-electron chi connectivity index (χ4n) is 3.61. The molecule has 1 aromatic rings. The monoisotopic (exact) mass is 595 g/mol. The van der Waals surface area contributed by atoms with E-state index in [2.05, 4.69) is 20.9 Å². The van der Waals surface area contributed by atoms with Crippen molar-refractivity contribution in [2.75, 3.05) is 6.54 Å². The number of carbonyl (C=O) groups excluding carboxylic acids is 3. The van der Waals surface area contributed by atoms with Crippen molar-refractivity contribution in [3.05, 3.63) is 29.8 Å². The van der Waals surface area contributed by atoms with Crippen molar-refractivity contribution >= 4 is 41.6 Å². The lowest BCUT2D eigenvalue weighted by atomic mass is 10.0. The number of phenolic OH excluding ortho intramolecular Hbond substituents is 1. The van der Waals surface area contributed by atoms with Crippen LogP contribution in [-0.4, -0.2) is 92.7 Å². The van der Waals surface area contributed by atoms with Crippen LogP contribution >= 0.6 is 0 Å². The molecule has 0 aromatic heterocycles. The minimum absolute atomic E-state index is 0.0483. The van der Waals surface area contributed by atoms with Crippen molar-refractivity contribution in [3.8, 4) is 5.75 Å². The summed E-state index contributed by atoms with van der Waals surface area (Å²) in [4.78, 5) is 76.4. The van der Waals surface area contributed by atoms with Crippen LogP contribution in [0.2, 0.25) is 0 Å². The zero-order chi connectivity index (χ0) is 31.8. The van der Waals surface area contributed by atoms with Crippen LogP contribution in [0.1, 0.15) is 44.1 Å².